The first-order valence-corrected chi connectivity index (χ1v) is 20.4. The number of H-pyrrole nitrogens is 1. The summed E-state index contributed by atoms with van der Waals surface area (Å²) in [6.07, 6.45) is 6.82. The summed E-state index contributed by atoms with van der Waals surface area (Å²) in [5.74, 6) is -0.573. The number of pyridine rings is 1. The monoisotopic (exact) mass is 881 g/mol. The number of carbonyl (C=O) groups is 3. The maximum atomic E-state index is 14.3. The van der Waals surface area contributed by atoms with Crippen LogP contribution in [0.3, 0.4) is 0 Å². The summed E-state index contributed by atoms with van der Waals surface area (Å²) in [6.45, 7) is 3.99. The molecular formula is C39H49Br2N9O5. The number of aromatic amines is 1. The number of piperazine rings is 1. The minimum Gasteiger partial charge on any atom is -0.506 e. The van der Waals surface area contributed by atoms with Gasteiger partial charge in [0.1, 0.15) is 17.8 Å². The molecule has 4 N–H and O–H groups in total. The standard InChI is InChI=1S/C39H49Br2N9O5/c1-46(2)16-6-5-8-32(37(53)48-21-19-47(20-22-48)27-10-14-42-15-11-27)43-36(52)33(25-26-23-29(40)35(51)30(41)24-26)45-38(54)49-17-12-28(13-18-49)50-34-9-4-3-7-31(34)44-39(50)55/h3-4,7,9-11,14-15,23-24,28,32-33,51H,5-6,8,12-13,16-22,25H2,1-2H3,(H,43,52)(H,44,55)(H,45,54)/t32-,33+/m0/s1. The largest absolute Gasteiger partial charge is 0.506 e. The number of phenols is 1. The van der Waals surface area contributed by atoms with Crippen molar-refractivity contribution >= 4 is 66.4 Å². The molecular weight excluding hydrogens is 834 g/mol. The third kappa shape index (κ3) is 10.1. The number of likely N-dealkylation sites (tertiary alicyclic amines) is 1. The van der Waals surface area contributed by atoms with E-state index in [9.17, 15) is 24.3 Å². The lowest BCUT2D eigenvalue weighted by Gasteiger charge is -2.38. The van der Waals surface area contributed by atoms with Gasteiger partial charge in [0.2, 0.25) is 11.8 Å². The molecule has 2 aliphatic rings. The second-order valence-corrected chi connectivity index (χ2v) is 16.2. The summed E-state index contributed by atoms with van der Waals surface area (Å²) in [6, 6.07) is 12.6. The van der Waals surface area contributed by atoms with Crippen LogP contribution >= 0.6 is 31.9 Å². The number of fused-ring (bicyclic) bond motifs is 1. The van der Waals surface area contributed by atoms with Crippen LogP contribution in [0.2, 0.25) is 0 Å². The predicted octanol–water partition coefficient (Wildman–Crippen LogP) is 4.48. The number of piperidine rings is 1. The Morgan fingerprint density at radius 3 is 2.25 bits per heavy atom. The number of urea groups is 1. The second-order valence-electron chi connectivity index (χ2n) is 14.5. The Balaban J connectivity index is 1.16. The van der Waals surface area contributed by atoms with E-state index in [-0.39, 0.29) is 29.8 Å². The number of para-hydroxylation sites is 2. The first-order valence-electron chi connectivity index (χ1n) is 18.8. The Morgan fingerprint density at radius 2 is 1.58 bits per heavy atom. The Kier molecular flexibility index (Phi) is 13.5. The van der Waals surface area contributed by atoms with Crippen LogP contribution in [-0.2, 0) is 16.0 Å². The molecule has 4 heterocycles. The molecule has 4 aromatic rings. The number of nitrogens with one attached hydrogen (secondary N) is 3. The molecule has 55 heavy (non-hydrogen) atoms. The van der Waals surface area contributed by atoms with Crippen LogP contribution in [-0.4, -0.2) is 124 Å². The summed E-state index contributed by atoms with van der Waals surface area (Å²) in [7, 11) is 4.01. The van der Waals surface area contributed by atoms with E-state index in [0.29, 0.717) is 73.0 Å². The molecule has 0 saturated carbocycles. The topological polar surface area (TPSA) is 159 Å². The van der Waals surface area contributed by atoms with Crippen LogP contribution in [0.5, 0.6) is 5.75 Å². The van der Waals surface area contributed by atoms with Crippen molar-refractivity contribution < 1.29 is 19.5 Å². The van der Waals surface area contributed by atoms with Crippen molar-refractivity contribution in [3.05, 3.63) is 85.9 Å². The van der Waals surface area contributed by atoms with Crippen LogP contribution in [0.25, 0.3) is 11.0 Å². The predicted molar refractivity (Wildman–Crippen MR) is 219 cm³/mol. The van der Waals surface area contributed by atoms with Gasteiger partial charge in [-0.15, -0.1) is 0 Å². The zero-order valence-electron chi connectivity index (χ0n) is 31.2. The number of nitrogens with zero attached hydrogens (tertiary/aromatic N) is 6. The number of amides is 4. The molecule has 0 bridgehead atoms. The SMILES string of the molecule is CN(C)CCCC[C@H](NC(=O)[C@@H](Cc1cc(Br)c(O)c(Br)c1)NC(=O)N1CCC(n2c(=O)[nH]c3ccccc32)CC1)C(=O)N1CCN(c2ccncc2)CC1. The molecule has 0 radical (unpaired) electrons. The summed E-state index contributed by atoms with van der Waals surface area (Å²) >= 11 is 6.77. The van der Waals surface area contributed by atoms with E-state index in [1.807, 2.05) is 55.4 Å². The number of benzene rings is 2. The fourth-order valence-electron chi connectivity index (χ4n) is 7.45. The highest BCUT2D eigenvalue weighted by Crippen LogP contribution is 2.34. The van der Waals surface area contributed by atoms with Crippen molar-refractivity contribution in [1.29, 1.82) is 0 Å². The van der Waals surface area contributed by atoms with E-state index in [4.69, 9.17) is 0 Å². The van der Waals surface area contributed by atoms with Gasteiger partial charge in [-0.25, -0.2) is 9.59 Å². The van der Waals surface area contributed by atoms with Gasteiger partial charge in [-0.1, -0.05) is 12.1 Å². The van der Waals surface area contributed by atoms with Gasteiger partial charge >= 0.3 is 11.7 Å². The summed E-state index contributed by atoms with van der Waals surface area (Å²) in [5.41, 5.74) is 3.18. The van der Waals surface area contributed by atoms with E-state index in [2.05, 4.69) is 62.3 Å². The summed E-state index contributed by atoms with van der Waals surface area (Å²) in [5, 5.41) is 16.4. The molecule has 4 amide bonds. The van der Waals surface area contributed by atoms with Gasteiger partial charge in [0.25, 0.3) is 0 Å². The normalized spacial score (nSPS) is 16.3. The van der Waals surface area contributed by atoms with Gasteiger partial charge in [-0.3, -0.25) is 19.1 Å². The number of unbranched alkanes of at least 4 members (excludes halogenated alkanes) is 1. The number of aromatic nitrogens is 3. The molecule has 2 aliphatic heterocycles. The van der Waals surface area contributed by atoms with Crippen molar-refractivity contribution in [3.63, 3.8) is 0 Å². The lowest BCUT2D eigenvalue weighted by atomic mass is 10.0. The van der Waals surface area contributed by atoms with E-state index < -0.39 is 24.0 Å². The lowest BCUT2D eigenvalue weighted by Crippen LogP contribution is -2.59. The molecule has 2 fully saturated rings. The molecule has 294 valence electrons. The third-order valence-electron chi connectivity index (χ3n) is 10.5. The van der Waals surface area contributed by atoms with Crippen molar-refractivity contribution in [3.8, 4) is 5.75 Å². The molecule has 2 aromatic carbocycles. The maximum Gasteiger partial charge on any atom is 0.326 e. The molecule has 6 rings (SSSR count). The Bertz CT molecular complexity index is 1980. The number of hydrogen-bond donors (Lipinski definition) is 4. The molecule has 0 unspecified atom stereocenters. The van der Waals surface area contributed by atoms with Gasteiger partial charge < -0.3 is 40.3 Å². The zero-order chi connectivity index (χ0) is 39.1. The van der Waals surface area contributed by atoms with Crippen molar-refractivity contribution in [2.75, 3.05) is 64.8 Å². The van der Waals surface area contributed by atoms with Crippen LogP contribution in [0.1, 0.15) is 43.7 Å². The Hall–Kier alpha value is -4.41. The first-order chi connectivity index (χ1) is 26.5. The summed E-state index contributed by atoms with van der Waals surface area (Å²) < 4.78 is 2.66. The number of carbonyl (C=O) groups excluding carboxylic acids is 3. The fraction of sp³-hybridized carbons (Fsp3) is 0.462. The van der Waals surface area contributed by atoms with E-state index in [1.54, 1.807) is 34.0 Å². The van der Waals surface area contributed by atoms with E-state index in [0.717, 1.165) is 36.1 Å². The van der Waals surface area contributed by atoms with Crippen molar-refractivity contribution in [2.45, 2.75) is 56.7 Å². The summed E-state index contributed by atoms with van der Waals surface area (Å²) in [4.78, 5) is 70.0. The zero-order valence-corrected chi connectivity index (χ0v) is 34.4. The van der Waals surface area contributed by atoms with Crippen LogP contribution in [0, 0.1) is 0 Å². The maximum absolute atomic E-state index is 14.3. The lowest BCUT2D eigenvalue weighted by molar-refractivity contribution is -0.137. The Labute approximate surface area is 337 Å². The van der Waals surface area contributed by atoms with Crippen molar-refractivity contribution in [1.82, 2.24) is 39.9 Å². The molecule has 2 aromatic heterocycles. The number of halogens is 2. The number of phenolic OH excluding ortho intramolecular Hbond substituents is 1. The minimum atomic E-state index is -1.02. The number of aromatic hydroxyl groups is 1. The number of hydrogen-bond acceptors (Lipinski definition) is 8. The van der Waals surface area contributed by atoms with Gasteiger partial charge in [0, 0.05) is 69.8 Å². The quantitative estimate of drug-likeness (QED) is 0.143. The van der Waals surface area contributed by atoms with Crippen LogP contribution in [0.15, 0.2) is 74.7 Å². The molecule has 2 atom stereocenters. The Morgan fingerprint density at radius 1 is 0.909 bits per heavy atom. The van der Waals surface area contributed by atoms with Gasteiger partial charge in [-0.05, 0) is 127 Å². The molecule has 0 aliphatic carbocycles. The number of anilines is 1. The second kappa shape index (κ2) is 18.5. The molecule has 2 saturated heterocycles. The molecule has 16 heteroatoms. The van der Waals surface area contributed by atoms with Gasteiger partial charge in [-0.2, -0.15) is 0 Å². The third-order valence-corrected chi connectivity index (χ3v) is 11.7. The van der Waals surface area contributed by atoms with Crippen LogP contribution in [0.4, 0.5) is 10.5 Å². The smallest absolute Gasteiger partial charge is 0.326 e. The highest BCUT2D eigenvalue weighted by atomic mass is 79.9. The average molecular weight is 884 g/mol. The molecule has 0 spiro atoms. The number of imidazole rings is 1. The minimum absolute atomic E-state index is 0.0263. The van der Waals surface area contributed by atoms with Crippen LogP contribution < -0.4 is 21.2 Å². The van der Waals surface area contributed by atoms with Gasteiger partial charge in [0.05, 0.1) is 20.0 Å². The van der Waals surface area contributed by atoms with Crippen molar-refractivity contribution in [2.24, 2.45) is 0 Å². The number of rotatable bonds is 13. The van der Waals surface area contributed by atoms with E-state index >= 15 is 0 Å². The highest BCUT2D eigenvalue weighted by Gasteiger charge is 2.33. The first kappa shape index (κ1) is 40.3. The fourth-order valence-corrected chi connectivity index (χ4v) is 8.73. The average Bonchev–Trinajstić information content (AvgIpc) is 3.53. The molecule has 14 nitrogen and oxygen atoms in total. The van der Waals surface area contributed by atoms with Gasteiger partial charge in [0.15, 0.2) is 0 Å². The van der Waals surface area contributed by atoms with E-state index in [1.165, 1.54) is 0 Å². The highest BCUT2D eigenvalue weighted by molar-refractivity contribution is 9.11.